The first-order valence-electron chi connectivity index (χ1n) is 6.25. The Morgan fingerprint density at radius 3 is 1.67 bits per heavy atom. The fourth-order valence-electron chi connectivity index (χ4n) is 2.01. The topological polar surface area (TPSA) is 12.0 Å². The van der Waals surface area contributed by atoms with E-state index in [0.717, 1.165) is 13.0 Å². The van der Waals surface area contributed by atoms with E-state index in [4.69, 9.17) is 0 Å². The Morgan fingerprint density at radius 2 is 1.28 bits per heavy atom. The molecule has 0 heterocycles. The van der Waals surface area contributed by atoms with Crippen molar-refractivity contribution in [2.45, 2.75) is 19.4 Å². The average molecular weight is 262 g/mol. The first-order valence-corrected chi connectivity index (χ1v) is 6.25. The van der Waals surface area contributed by atoms with Crippen molar-refractivity contribution < 1.29 is 0 Å². The lowest BCUT2D eigenvalue weighted by atomic mass is 9.99. The monoisotopic (exact) mass is 261 g/mol. The van der Waals surface area contributed by atoms with Crippen LogP contribution in [0, 0.1) is 0 Å². The van der Waals surface area contributed by atoms with E-state index in [2.05, 4.69) is 72.9 Å². The Morgan fingerprint density at radius 1 is 0.833 bits per heavy atom. The average Bonchev–Trinajstić information content (AvgIpc) is 2.42. The molecule has 0 atom stereocenters. The van der Waals surface area contributed by atoms with Gasteiger partial charge >= 0.3 is 0 Å². The molecule has 0 aliphatic carbocycles. The van der Waals surface area contributed by atoms with Crippen molar-refractivity contribution in [2.75, 3.05) is 6.54 Å². The molecule has 2 heteroatoms. The van der Waals surface area contributed by atoms with Gasteiger partial charge in [0, 0.05) is 0 Å². The molecule has 2 aromatic rings. The highest BCUT2D eigenvalue weighted by molar-refractivity contribution is 5.85. The summed E-state index contributed by atoms with van der Waals surface area (Å²) >= 11 is 0. The van der Waals surface area contributed by atoms with Crippen LogP contribution in [-0.4, -0.2) is 6.54 Å². The lowest BCUT2D eigenvalue weighted by Gasteiger charge is -2.19. The van der Waals surface area contributed by atoms with E-state index in [1.807, 2.05) is 0 Å². The zero-order chi connectivity index (χ0) is 11.9. The second-order valence-corrected chi connectivity index (χ2v) is 4.21. The SMILES string of the molecule is CCCNC(c1ccccc1)c1ccccc1.Cl. The number of rotatable bonds is 5. The molecule has 0 aliphatic heterocycles. The van der Waals surface area contributed by atoms with Gasteiger partial charge in [0.2, 0.25) is 0 Å². The van der Waals surface area contributed by atoms with Crippen LogP contribution in [0.1, 0.15) is 30.5 Å². The molecule has 0 saturated carbocycles. The Labute approximate surface area is 116 Å². The normalized spacial score (nSPS) is 10.1. The Bertz CT molecular complexity index is 388. The number of nitrogens with one attached hydrogen (secondary N) is 1. The predicted molar refractivity (Wildman–Crippen MR) is 80.3 cm³/mol. The fourth-order valence-corrected chi connectivity index (χ4v) is 2.01. The Hall–Kier alpha value is -1.31. The second-order valence-electron chi connectivity index (χ2n) is 4.21. The van der Waals surface area contributed by atoms with Crippen LogP contribution in [0.2, 0.25) is 0 Å². The molecular weight excluding hydrogens is 242 g/mol. The molecule has 1 nitrogen and oxygen atoms in total. The molecule has 0 unspecified atom stereocenters. The third kappa shape index (κ3) is 3.86. The summed E-state index contributed by atoms with van der Waals surface area (Å²) in [7, 11) is 0. The van der Waals surface area contributed by atoms with Gasteiger partial charge in [0.1, 0.15) is 0 Å². The van der Waals surface area contributed by atoms with Gasteiger partial charge in [-0.15, -0.1) is 12.4 Å². The summed E-state index contributed by atoms with van der Waals surface area (Å²) in [6.07, 6.45) is 1.15. The molecule has 18 heavy (non-hydrogen) atoms. The summed E-state index contributed by atoms with van der Waals surface area (Å²) in [5.74, 6) is 0. The van der Waals surface area contributed by atoms with Gasteiger partial charge in [-0.2, -0.15) is 0 Å². The maximum absolute atomic E-state index is 3.60. The standard InChI is InChI=1S/C16H19N.ClH/c1-2-13-17-16(14-9-5-3-6-10-14)15-11-7-4-8-12-15;/h3-12,16-17H,2,13H2,1H3;1H. The van der Waals surface area contributed by atoms with Gasteiger partial charge < -0.3 is 5.32 Å². The van der Waals surface area contributed by atoms with Gasteiger partial charge in [-0.1, -0.05) is 67.6 Å². The Balaban J connectivity index is 0.00000162. The number of halogens is 1. The van der Waals surface area contributed by atoms with Gasteiger partial charge in [0.25, 0.3) is 0 Å². The quantitative estimate of drug-likeness (QED) is 0.851. The first kappa shape index (κ1) is 14.7. The van der Waals surface area contributed by atoms with Crippen molar-refractivity contribution in [3.63, 3.8) is 0 Å². The zero-order valence-electron chi connectivity index (χ0n) is 10.7. The van der Waals surface area contributed by atoms with E-state index in [1.54, 1.807) is 0 Å². The van der Waals surface area contributed by atoms with Gasteiger partial charge in [-0.05, 0) is 24.1 Å². The van der Waals surface area contributed by atoms with Crippen molar-refractivity contribution in [2.24, 2.45) is 0 Å². The second kappa shape index (κ2) is 7.91. The van der Waals surface area contributed by atoms with Gasteiger partial charge in [0.15, 0.2) is 0 Å². The minimum absolute atomic E-state index is 0. The third-order valence-corrected chi connectivity index (χ3v) is 2.86. The molecule has 0 aromatic heterocycles. The minimum Gasteiger partial charge on any atom is -0.306 e. The molecule has 0 fully saturated rings. The summed E-state index contributed by atoms with van der Waals surface area (Å²) < 4.78 is 0. The summed E-state index contributed by atoms with van der Waals surface area (Å²) in [5.41, 5.74) is 2.65. The highest BCUT2D eigenvalue weighted by Gasteiger charge is 2.11. The van der Waals surface area contributed by atoms with Crippen molar-refractivity contribution in [1.82, 2.24) is 5.32 Å². The fraction of sp³-hybridized carbons (Fsp3) is 0.250. The third-order valence-electron chi connectivity index (χ3n) is 2.86. The lowest BCUT2D eigenvalue weighted by Crippen LogP contribution is -2.23. The zero-order valence-corrected chi connectivity index (χ0v) is 11.5. The van der Waals surface area contributed by atoms with E-state index in [-0.39, 0.29) is 12.4 Å². The van der Waals surface area contributed by atoms with E-state index in [0.29, 0.717) is 6.04 Å². The first-order chi connectivity index (χ1) is 8.42. The Kier molecular flexibility index (Phi) is 6.48. The molecule has 0 saturated heterocycles. The molecule has 0 amide bonds. The molecule has 96 valence electrons. The van der Waals surface area contributed by atoms with E-state index in [1.165, 1.54) is 11.1 Å². The molecule has 1 N–H and O–H groups in total. The summed E-state index contributed by atoms with van der Waals surface area (Å²) in [6, 6.07) is 21.5. The van der Waals surface area contributed by atoms with Crippen LogP contribution in [-0.2, 0) is 0 Å². The van der Waals surface area contributed by atoms with Crippen molar-refractivity contribution >= 4 is 12.4 Å². The van der Waals surface area contributed by atoms with Crippen LogP contribution in [0.15, 0.2) is 60.7 Å². The molecule has 2 rings (SSSR count). The molecule has 0 aliphatic rings. The highest BCUT2D eigenvalue weighted by atomic mass is 35.5. The summed E-state index contributed by atoms with van der Waals surface area (Å²) in [6.45, 7) is 3.23. The van der Waals surface area contributed by atoms with E-state index in [9.17, 15) is 0 Å². The van der Waals surface area contributed by atoms with Crippen LogP contribution in [0.4, 0.5) is 0 Å². The molecular formula is C16H20ClN. The summed E-state index contributed by atoms with van der Waals surface area (Å²) in [4.78, 5) is 0. The van der Waals surface area contributed by atoms with Crippen molar-refractivity contribution in [3.05, 3.63) is 71.8 Å². The van der Waals surface area contributed by atoms with Gasteiger partial charge in [-0.3, -0.25) is 0 Å². The molecule has 0 spiro atoms. The molecule has 2 aromatic carbocycles. The van der Waals surface area contributed by atoms with Crippen LogP contribution in [0.3, 0.4) is 0 Å². The van der Waals surface area contributed by atoms with Gasteiger partial charge in [-0.25, -0.2) is 0 Å². The van der Waals surface area contributed by atoms with Crippen LogP contribution in [0.5, 0.6) is 0 Å². The number of hydrogen-bond acceptors (Lipinski definition) is 1. The van der Waals surface area contributed by atoms with Crippen LogP contribution in [0.25, 0.3) is 0 Å². The van der Waals surface area contributed by atoms with E-state index >= 15 is 0 Å². The highest BCUT2D eigenvalue weighted by Crippen LogP contribution is 2.21. The number of benzene rings is 2. The maximum Gasteiger partial charge on any atom is 0.0576 e. The van der Waals surface area contributed by atoms with Crippen molar-refractivity contribution in [1.29, 1.82) is 0 Å². The largest absolute Gasteiger partial charge is 0.306 e. The van der Waals surface area contributed by atoms with Gasteiger partial charge in [0.05, 0.1) is 6.04 Å². The number of hydrogen-bond donors (Lipinski definition) is 1. The summed E-state index contributed by atoms with van der Waals surface area (Å²) in [5, 5.41) is 3.60. The predicted octanol–water partition coefficient (Wildman–Crippen LogP) is 4.20. The van der Waals surface area contributed by atoms with Crippen LogP contribution >= 0.6 is 12.4 Å². The minimum atomic E-state index is 0. The van der Waals surface area contributed by atoms with Crippen LogP contribution < -0.4 is 5.32 Å². The maximum atomic E-state index is 3.60. The van der Waals surface area contributed by atoms with E-state index < -0.39 is 0 Å². The molecule has 0 bridgehead atoms. The lowest BCUT2D eigenvalue weighted by molar-refractivity contribution is 0.598. The van der Waals surface area contributed by atoms with Crippen molar-refractivity contribution in [3.8, 4) is 0 Å². The molecule has 0 radical (unpaired) electrons. The smallest absolute Gasteiger partial charge is 0.0576 e.